The van der Waals surface area contributed by atoms with Crippen molar-refractivity contribution in [2.24, 2.45) is 17.8 Å². The Bertz CT molecular complexity index is 1040. The summed E-state index contributed by atoms with van der Waals surface area (Å²) in [6, 6.07) is 8.12. The van der Waals surface area contributed by atoms with Crippen molar-refractivity contribution in [3.05, 3.63) is 61.2 Å². The van der Waals surface area contributed by atoms with Crippen LogP contribution in [0.25, 0.3) is 0 Å². The van der Waals surface area contributed by atoms with Crippen molar-refractivity contribution in [2.45, 2.75) is 69.9 Å². The normalized spacial score (nSPS) is 29.0. The SMILES string of the molecule is C=CCCOC(=O)[C@@H]1[C@H]2C(=O)N([C@@H](CO)[C@@H](C)CC)C(C(=O)N(CC=C)Cc3ccccc3)C23CC[C@H]1O3. The van der Waals surface area contributed by atoms with E-state index in [0.29, 0.717) is 32.2 Å². The summed E-state index contributed by atoms with van der Waals surface area (Å²) in [5, 5.41) is 10.5. The highest BCUT2D eigenvalue weighted by molar-refractivity contribution is 5.98. The van der Waals surface area contributed by atoms with E-state index in [-0.39, 0.29) is 37.5 Å². The predicted octanol–water partition coefficient (Wildman–Crippen LogP) is 3.10. The minimum absolute atomic E-state index is 0.0633. The Hall–Kier alpha value is -2.97. The number of ether oxygens (including phenoxy) is 2. The van der Waals surface area contributed by atoms with Crippen molar-refractivity contribution >= 4 is 17.8 Å². The van der Waals surface area contributed by atoms with Crippen LogP contribution in [0, 0.1) is 17.8 Å². The van der Waals surface area contributed by atoms with Gasteiger partial charge in [-0.25, -0.2) is 0 Å². The number of likely N-dealkylation sites (tertiary alicyclic amines) is 1. The number of nitrogens with zero attached hydrogens (tertiary/aromatic N) is 2. The molecule has 8 nitrogen and oxygen atoms in total. The fraction of sp³-hybridized carbons (Fsp3) is 0.567. The van der Waals surface area contributed by atoms with Gasteiger partial charge in [-0.15, -0.1) is 13.2 Å². The van der Waals surface area contributed by atoms with Crippen LogP contribution in [0.1, 0.15) is 45.1 Å². The number of esters is 1. The summed E-state index contributed by atoms with van der Waals surface area (Å²) in [6.45, 7) is 12.0. The molecule has 1 aromatic carbocycles. The number of fused-ring (bicyclic) bond motifs is 1. The summed E-state index contributed by atoms with van der Waals surface area (Å²) in [5.41, 5.74) is -0.189. The van der Waals surface area contributed by atoms with E-state index >= 15 is 0 Å². The largest absolute Gasteiger partial charge is 0.465 e. The van der Waals surface area contributed by atoms with Crippen molar-refractivity contribution in [3.8, 4) is 0 Å². The molecule has 206 valence electrons. The van der Waals surface area contributed by atoms with Crippen LogP contribution >= 0.6 is 0 Å². The smallest absolute Gasteiger partial charge is 0.312 e. The first-order valence-corrected chi connectivity index (χ1v) is 13.7. The molecule has 3 aliphatic rings. The lowest BCUT2D eigenvalue weighted by Gasteiger charge is -2.41. The van der Waals surface area contributed by atoms with E-state index in [0.717, 1.165) is 5.56 Å². The summed E-state index contributed by atoms with van der Waals surface area (Å²) in [4.78, 5) is 45.1. The Kier molecular flexibility index (Phi) is 8.73. The second-order valence-electron chi connectivity index (χ2n) is 10.7. The van der Waals surface area contributed by atoms with Gasteiger partial charge in [-0.1, -0.05) is 62.8 Å². The molecule has 0 aliphatic carbocycles. The van der Waals surface area contributed by atoms with E-state index in [1.54, 1.807) is 22.0 Å². The summed E-state index contributed by atoms with van der Waals surface area (Å²) in [7, 11) is 0. The fourth-order valence-electron chi connectivity index (χ4n) is 6.51. The number of aliphatic hydroxyl groups is 1. The average molecular weight is 525 g/mol. The molecule has 0 saturated carbocycles. The first-order valence-electron chi connectivity index (χ1n) is 13.7. The third-order valence-corrected chi connectivity index (χ3v) is 8.53. The Balaban J connectivity index is 1.75. The van der Waals surface area contributed by atoms with Crippen molar-refractivity contribution < 1.29 is 29.0 Å². The van der Waals surface area contributed by atoms with Crippen LogP contribution in [0.5, 0.6) is 0 Å². The first kappa shape index (κ1) is 28.0. The Morgan fingerprint density at radius 3 is 2.66 bits per heavy atom. The highest BCUT2D eigenvalue weighted by atomic mass is 16.6. The molecule has 4 rings (SSSR count). The van der Waals surface area contributed by atoms with Crippen molar-refractivity contribution in [3.63, 3.8) is 0 Å². The molecule has 2 bridgehead atoms. The number of aliphatic hydroxyl groups excluding tert-OH is 1. The zero-order valence-corrected chi connectivity index (χ0v) is 22.5. The fourth-order valence-corrected chi connectivity index (χ4v) is 6.51. The lowest BCUT2D eigenvalue weighted by molar-refractivity contribution is -0.157. The van der Waals surface area contributed by atoms with Gasteiger partial charge in [0.15, 0.2) is 0 Å². The van der Waals surface area contributed by atoms with Gasteiger partial charge in [0.2, 0.25) is 11.8 Å². The van der Waals surface area contributed by atoms with Gasteiger partial charge >= 0.3 is 5.97 Å². The predicted molar refractivity (Wildman–Crippen MR) is 143 cm³/mol. The van der Waals surface area contributed by atoms with Gasteiger partial charge in [-0.3, -0.25) is 14.4 Å². The van der Waals surface area contributed by atoms with E-state index in [1.165, 1.54) is 0 Å². The molecule has 1 N–H and O–H groups in total. The minimum atomic E-state index is -1.14. The summed E-state index contributed by atoms with van der Waals surface area (Å²) in [6.07, 6.45) is 5.14. The zero-order valence-electron chi connectivity index (χ0n) is 22.5. The molecule has 3 saturated heterocycles. The second kappa shape index (κ2) is 11.8. The van der Waals surface area contributed by atoms with Crippen LogP contribution in [0.15, 0.2) is 55.6 Å². The van der Waals surface area contributed by atoms with Gasteiger partial charge in [0, 0.05) is 13.1 Å². The van der Waals surface area contributed by atoms with E-state index in [2.05, 4.69) is 13.2 Å². The molecule has 3 fully saturated rings. The standard InChI is InChI=1S/C30H40N2O6/c1-5-8-17-37-29(36)24-23-14-15-30(38-23)25(24)27(34)32(22(19-33)20(4)7-3)26(30)28(35)31(16-6-2)18-21-12-10-9-11-13-21/h5-6,9-13,20,22-26,33H,1-2,7-8,14-19H2,3-4H3/t20-,22-,23+,24-,25-,26?,30?/m0/s1. The highest BCUT2D eigenvalue weighted by Crippen LogP contribution is 2.59. The number of carbonyl (C=O) groups excluding carboxylic acids is 3. The Morgan fingerprint density at radius 2 is 2.03 bits per heavy atom. The van der Waals surface area contributed by atoms with Crippen LogP contribution in [0.2, 0.25) is 0 Å². The van der Waals surface area contributed by atoms with Crippen LogP contribution in [-0.2, 0) is 30.4 Å². The molecule has 3 aliphatic heterocycles. The molecule has 1 spiro atoms. The number of carbonyl (C=O) groups is 3. The number of hydrogen-bond donors (Lipinski definition) is 1. The molecule has 1 aromatic rings. The molecule has 7 atom stereocenters. The second-order valence-corrected chi connectivity index (χ2v) is 10.7. The van der Waals surface area contributed by atoms with Crippen molar-refractivity contribution in [1.82, 2.24) is 9.80 Å². The highest BCUT2D eigenvalue weighted by Gasteiger charge is 2.75. The van der Waals surface area contributed by atoms with Crippen LogP contribution in [0.4, 0.5) is 0 Å². The number of rotatable bonds is 13. The van der Waals surface area contributed by atoms with Crippen LogP contribution < -0.4 is 0 Å². The third-order valence-electron chi connectivity index (χ3n) is 8.53. The number of benzene rings is 1. The molecule has 38 heavy (non-hydrogen) atoms. The molecule has 2 amide bonds. The van der Waals surface area contributed by atoms with Crippen LogP contribution in [-0.4, -0.2) is 76.2 Å². The maximum atomic E-state index is 14.4. The maximum absolute atomic E-state index is 14.4. The van der Waals surface area contributed by atoms with E-state index < -0.39 is 41.6 Å². The third kappa shape index (κ3) is 4.80. The molecule has 0 radical (unpaired) electrons. The van der Waals surface area contributed by atoms with E-state index in [4.69, 9.17) is 9.47 Å². The average Bonchev–Trinajstić information content (AvgIpc) is 3.57. The Labute approximate surface area is 225 Å². The molecule has 0 aromatic heterocycles. The van der Waals surface area contributed by atoms with E-state index in [9.17, 15) is 19.5 Å². The quantitative estimate of drug-likeness (QED) is 0.242. The van der Waals surface area contributed by atoms with Gasteiger partial charge in [-0.05, 0) is 30.7 Å². The van der Waals surface area contributed by atoms with Crippen LogP contribution in [0.3, 0.4) is 0 Å². The molecule has 3 heterocycles. The zero-order chi connectivity index (χ0) is 27.4. The van der Waals surface area contributed by atoms with E-state index in [1.807, 2.05) is 44.2 Å². The first-order chi connectivity index (χ1) is 18.3. The lowest BCUT2D eigenvalue weighted by Crippen LogP contribution is -2.59. The van der Waals surface area contributed by atoms with Crippen molar-refractivity contribution in [1.29, 1.82) is 0 Å². The molecular weight excluding hydrogens is 484 g/mol. The summed E-state index contributed by atoms with van der Waals surface area (Å²) < 4.78 is 12.0. The van der Waals surface area contributed by atoms with Gasteiger partial charge in [0.1, 0.15) is 11.6 Å². The van der Waals surface area contributed by atoms with Crippen molar-refractivity contribution in [2.75, 3.05) is 19.8 Å². The molecule has 2 unspecified atom stereocenters. The van der Waals surface area contributed by atoms with Gasteiger partial charge in [0.05, 0.1) is 37.2 Å². The van der Waals surface area contributed by atoms with Gasteiger partial charge in [0.25, 0.3) is 0 Å². The Morgan fingerprint density at radius 1 is 1.29 bits per heavy atom. The molecular formula is C30H40N2O6. The van der Waals surface area contributed by atoms with Gasteiger partial charge < -0.3 is 24.4 Å². The maximum Gasteiger partial charge on any atom is 0.312 e. The minimum Gasteiger partial charge on any atom is -0.465 e. The lowest BCUT2D eigenvalue weighted by atomic mass is 9.70. The number of amides is 2. The monoisotopic (exact) mass is 524 g/mol. The molecule has 8 heteroatoms. The summed E-state index contributed by atoms with van der Waals surface area (Å²) in [5.74, 6) is -2.71. The van der Waals surface area contributed by atoms with Gasteiger partial charge in [-0.2, -0.15) is 0 Å². The topological polar surface area (TPSA) is 96.4 Å². The number of hydrogen-bond acceptors (Lipinski definition) is 6. The summed E-state index contributed by atoms with van der Waals surface area (Å²) >= 11 is 0.